The van der Waals surface area contributed by atoms with Crippen molar-refractivity contribution >= 4 is 15.9 Å². The van der Waals surface area contributed by atoms with Crippen molar-refractivity contribution in [2.24, 2.45) is 0 Å². The average molecular weight is 348 g/mol. The van der Waals surface area contributed by atoms with Gasteiger partial charge in [-0.3, -0.25) is 0 Å². The molecule has 0 spiro atoms. The highest BCUT2D eigenvalue weighted by atomic mass is 79.9. The molecular weight excluding hydrogens is 326 g/mol. The van der Waals surface area contributed by atoms with Gasteiger partial charge in [-0.05, 0) is 43.7 Å². The fraction of sp³-hybridized carbons (Fsp3) is 0.333. The van der Waals surface area contributed by atoms with Crippen LogP contribution in [0.2, 0.25) is 0 Å². The highest BCUT2D eigenvalue weighted by Gasteiger charge is 2.18. The molecule has 2 aromatic rings. The van der Waals surface area contributed by atoms with Crippen LogP contribution in [0.3, 0.4) is 0 Å². The van der Waals surface area contributed by atoms with Gasteiger partial charge in [-0.2, -0.15) is 0 Å². The first-order valence-corrected chi connectivity index (χ1v) is 8.11. The third-order valence-electron chi connectivity index (χ3n) is 3.45. The molecule has 0 aliphatic heterocycles. The van der Waals surface area contributed by atoms with E-state index in [9.17, 15) is 0 Å². The monoisotopic (exact) mass is 347 g/mol. The summed E-state index contributed by atoms with van der Waals surface area (Å²) in [4.78, 5) is 0. The van der Waals surface area contributed by atoms with Crippen LogP contribution >= 0.6 is 15.9 Å². The van der Waals surface area contributed by atoms with E-state index in [1.807, 2.05) is 19.2 Å². The Balaban J connectivity index is 2.41. The van der Waals surface area contributed by atoms with Gasteiger partial charge in [0, 0.05) is 10.0 Å². The molecule has 0 aromatic heterocycles. The topological polar surface area (TPSA) is 21.3 Å². The molecule has 0 saturated heterocycles. The lowest BCUT2D eigenvalue weighted by Gasteiger charge is -2.22. The summed E-state index contributed by atoms with van der Waals surface area (Å²) >= 11 is 3.68. The second-order valence-electron chi connectivity index (χ2n) is 5.13. The summed E-state index contributed by atoms with van der Waals surface area (Å²) in [6.45, 7) is 4.96. The number of ether oxygens (including phenoxy) is 1. The second kappa shape index (κ2) is 7.62. The minimum Gasteiger partial charge on any atom is -0.493 e. The van der Waals surface area contributed by atoms with E-state index in [2.05, 4.69) is 65.4 Å². The zero-order valence-corrected chi connectivity index (χ0v) is 14.4. The molecule has 0 fully saturated rings. The van der Waals surface area contributed by atoms with E-state index in [4.69, 9.17) is 4.74 Å². The zero-order chi connectivity index (χ0) is 15.2. The summed E-state index contributed by atoms with van der Waals surface area (Å²) < 4.78 is 7.02. The van der Waals surface area contributed by atoms with Crippen LogP contribution < -0.4 is 10.1 Å². The van der Waals surface area contributed by atoms with E-state index in [0.29, 0.717) is 0 Å². The van der Waals surface area contributed by atoms with Crippen molar-refractivity contribution in [3.8, 4) is 5.75 Å². The Morgan fingerprint density at radius 1 is 1.14 bits per heavy atom. The third kappa shape index (κ3) is 3.86. The number of aryl methyl sites for hydroxylation is 1. The highest BCUT2D eigenvalue weighted by molar-refractivity contribution is 9.10. The number of para-hydroxylation sites is 1. The lowest BCUT2D eigenvalue weighted by atomic mass is 9.97. The summed E-state index contributed by atoms with van der Waals surface area (Å²) in [5.74, 6) is 0.950. The van der Waals surface area contributed by atoms with Crippen LogP contribution in [0.1, 0.15) is 36.1 Å². The third-order valence-corrected chi connectivity index (χ3v) is 4.13. The Morgan fingerprint density at radius 3 is 2.57 bits per heavy atom. The molecule has 0 bridgehead atoms. The minimum absolute atomic E-state index is 0.105. The second-order valence-corrected chi connectivity index (χ2v) is 5.99. The molecule has 0 aliphatic carbocycles. The van der Waals surface area contributed by atoms with Crippen LogP contribution in [0, 0.1) is 6.92 Å². The summed E-state index contributed by atoms with van der Waals surface area (Å²) in [6, 6.07) is 14.8. The molecule has 0 heterocycles. The van der Waals surface area contributed by atoms with Crippen LogP contribution in [0.15, 0.2) is 46.9 Å². The van der Waals surface area contributed by atoms with Crippen molar-refractivity contribution in [2.45, 2.75) is 26.3 Å². The van der Waals surface area contributed by atoms with E-state index >= 15 is 0 Å². The minimum atomic E-state index is 0.105. The van der Waals surface area contributed by atoms with Gasteiger partial charge in [0.15, 0.2) is 0 Å². The maximum Gasteiger partial charge on any atom is 0.124 e. The molecule has 2 aromatic carbocycles. The van der Waals surface area contributed by atoms with Gasteiger partial charge < -0.3 is 10.1 Å². The van der Waals surface area contributed by atoms with Crippen molar-refractivity contribution < 1.29 is 4.74 Å². The first-order chi connectivity index (χ1) is 10.2. The van der Waals surface area contributed by atoms with Crippen molar-refractivity contribution in [3.05, 3.63) is 63.6 Å². The van der Waals surface area contributed by atoms with Gasteiger partial charge >= 0.3 is 0 Å². The smallest absolute Gasteiger partial charge is 0.124 e. The maximum atomic E-state index is 5.90. The number of hydrogen-bond acceptors (Lipinski definition) is 2. The van der Waals surface area contributed by atoms with Crippen LogP contribution in [0.4, 0.5) is 0 Å². The van der Waals surface area contributed by atoms with Gasteiger partial charge in [-0.25, -0.2) is 0 Å². The Morgan fingerprint density at radius 2 is 1.90 bits per heavy atom. The zero-order valence-electron chi connectivity index (χ0n) is 12.8. The molecule has 0 amide bonds. The first-order valence-electron chi connectivity index (χ1n) is 7.32. The molecule has 3 heteroatoms. The molecule has 2 nitrogen and oxygen atoms in total. The van der Waals surface area contributed by atoms with Crippen molar-refractivity contribution in [3.63, 3.8) is 0 Å². The molecule has 2 rings (SSSR count). The Bertz CT molecular complexity index is 598. The van der Waals surface area contributed by atoms with E-state index in [0.717, 1.165) is 28.8 Å². The SMILES string of the molecule is CCCOc1ccccc1C(NC)c1ccc(C)cc1Br. The Kier molecular flexibility index (Phi) is 5.83. The maximum absolute atomic E-state index is 5.90. The molecule has 0 aliphatic rings. The lowest BCUT2D eigenvalue weighted by molar-refractivity contribution is 0.312. The molecule has 112 valence electrons. The number of benzene rings is 2. The summed E-state index contributed by atoms with van der Waals surface area (Å²) in [5, 5.41) is 3.40. The van der Waals surface area contributed by atoms with Gasteiger partial charge in [0.25, 0.3) is 0 Å². The summed E-state index contributed by atoms with van der Waals surface area (Å²) in [6.07, 6.45) is 1.01. The molecule has 1 atom stereocenters. The van der Waals surface area contributed by atoms with Crippen molar-refractivity contribution in [1.29, 1.82) is 0 Å². The van der Waals surface area contributed by atoms with Gasteiger partial charge in [0.2, 0.25) is 0 Å². The highest BCUT2D eigenvalue weighted by Crippen LogP contribution is 2.34. The Labute approximate surface area is 135 Å². The number of nitrogens with one attached hydrogen (secondary N) is 1. The first kappa shape index (κ1) is 16.1. The predicted molar refractivity (Wildman–Crippen MR) is 92.0 cm³/mol. The number of halogens is 1. The van der Waals surface area contributed by atoms with Crippen LogP contribution in [-0.2, 0) is 0 Å². The van der Waals surface area contributed by atoms with Crippen LogP contribution in [-0.4, -0.2) is 13.7 Å². The summed E-state index contributed by atoms with van der Waals surface area (Å²) in [7, 11) is 1.98. The van der Waals surface area contributed by atoms with Gasteiger partial charge in [-0.15, -0.1) is 0 Å². The lowest BCUT2D eigenvalue weighted by Crippen LogP contribution is -2.19. The van der Waals surface area contributed by atoms with Gasteiger partial charge in [-0.1, -0.05) is 53.2 Å². The van der Waals surface area contributed by atoms with Gasteiger partial charge in [0.05, 0.1) is 12.6 Å². The van der Waals surface area contributed by atoms with Crippen molar-refractivity contribution in [2.75, 3.05) is 13.7 Å². The average Bonchev–Trinajstić information content (AvgIpc) is 2.49. The molecular formula is C18H22BrNO. The molecule has 1 N–H and O–H groups in total. The quantitative estimate of drug-likeness (QED) is 0.805. The van der Waals surface area contributed by atoms with E-state index in [1.54, 1.807) is 0 Å². The predicted octanol–water partition coefficient (Wildman–Crippen LogP) is 4.86. The van der Waals surface area contributed by atoms with Crippen LogP contribution in [0.25, 0.3) is 0 Å². The fourth-order valence-corrected chi connectivity index (χ4v) is 3.13. The van der Waals surface area contributed by atoms with E-state index < -0.39 is 0 Å². The van der Waals surface area contributed by atoms with E-state index in [1.165, 1.54) is 11.1 Å². The van der Waals surface area contributed by atoms with Crippen LogP contribution in [0.5, 0.6) is 5.75 Å². The fourth-order valence-electron chi connectivity index (χ4n) is 2.41. The molecule has 0 saturated carbocycles. The largest absolute Gasteiger partial charge is 0.493 e. The standard InChI is InChI=1S/C18H22BrNO/c1-4-11-21-17-8-6-5-7-15(17)18(20-3)14-10-9-13(2)12-16(14)19/h5-10,12,18,20H,4,11H2,1-3H3. The Hall–Kier alpha value is -1.32. The normalized spacial score (nSPS) is 12.2. The number of hydrogen-bond donors (Lipinski definition) is 1. The summed E-state index contributed by atoms with van der Waals surface area (Å²) in [5.41, 5.74) is 3.63. The van der Waals surface area contributed by atoms with E-state index in [-0.39, 0.29) is 6.04 Å². The molecule has 1 unspecified atom stereocenters. The molecule has 21 heavy (non-hydrogen) atoms. The number of rotatable bonds is 6. The van der Waals surface area contributed by atoms with Crippen molar-refractivity contribution in [1.82, 2.24) is 5.32 Å². The molecule has 0 radical (unpaired) electrons. The van der Waals surface area contributed by atoms with Gasteiger partial charge in [0.1, 0.15) is 5.75 Å².